The lowest BCUT2D eigenvalue weighted by atomic mass is 10.1. The van der Waals surface area contributed by atoms with Gasteiger partial charge in [0, 0.05) is 11.6 Å². The summed E-state index contributed by atoms with van der Waals surface area (Å²) in [5, 5.41) is 0. The average Bonchev–Trinajstić information content (AvgIpc) is 3.20. The van der Waals surface area contributed by atoms with Crippen molar-refractivity contribution in [2.75, 3.05) is 21.3 Å². The molecule has 0 radical (unpaired) electrons. The second kappa shape index (κ2) is 7.02. The first-order valence-electron chi connectivity index (χ1n) is 7.14. The maximum absolute atomic E-state index is 12.1. The van der Waals surface area contributed by atoms with Gasteiger partial charge in [-0.3, -0.25) is 0 Å². The molecule has 0 aliphatic carbocycles. The summed E-state index contributed by atoms with van der Waals surface area (Å²) in [6.07, 6.45) is 1.55. The maximum Gasteiger partial charge on any atom is 0.363 e. The van der Waals surface area contributed by atoms with Crippen molar-refractivity contribution >= 4 is 33.9 Å². The third kappa shape index (κ3) is 3.39. The summed E-state index contributed by atoms with van der Waals surface area (Å²) in [6.45, 7) is 0. The van der Waals surface area contributed by atoms with Crippen molar-refractivity contribution in [3.63, 3.8) is 0 Å². The molecule has 0 fully saturated rings. The van der Waals surface area contributed by atoms with Crippen LogP contribution in [-0.2, 0) is 9.53 Å². The molecule has 7 nitrogen and oxygen atoms in total. The number of ether oxygens (including phenoxy) is 4. The zero-order valence-electron chi connectivity index (χ0n) is 13.7. The lowest BCUT2D eigenvalue weighted by Gasteiger charge is -2.12. The van der Waals surface area contributed by atoms with Crippen LogP contribution in [-0.4, -0.2) is 33.2 Å². The number of esters is 1. The van der Waals surface area contributed by atoms with Crippen LogP contribution in [0.2, 0.25) is 0 Å². The Hall–Kier alpha value is -2.74. The highest BCUT2D eigenvalue weighted by Crippen LogP contribution is 2.36. The average molecular weight is 408 g/mol. The first kappa shape index (κ1) is 17.1. The van der Waals surface area contributed by atoms with Gasteiger partial charge in [-0.2, -0.15) is 0 Å². The fraction of sp³-hybridized carbons (Fsp3) is 0.176. The molecule has 1 aromatic heterocycles. The summed E-state index contributed by atoms with van der Waals surface area (Å²) in [6, 6.07) is 6.69. The largest absolute Gasteiger partial charge is 0.496 e. The lowest BCUT2D eigenvalue weighted by Crippen LogP contribution is -2.04. The Morgan fingerprint density at radius 2 is 1.72 bits per heavy atom. The van der Waals surface area contributed by atoms with Gasteiger partial charge in [-0.05, 0) is 40.2 Å². The number of carbonyl (C=O) groups is 1. The van der Waals surface area contributed by atoms with Crippen molar-refractivity contribution in [3.05, 3.63) is 46.0 Å². The van der Waals surface area contributed by atoms with E-state index in [2.05, 4.69) is 20.9 Å². The van der Waals surface area contributed by atoms with E-state index in [0.29, 0.717) is 33.2 Å². The van der Waals surface area contributed by atoms with Crippen molar-refractivity contribution in [2.24, 2.45) is 4.99 Å². The minimum absolute atomic E-state index is 0.0985. The van der Waals surface area contributed by atoms with Gasteiger partial charge in [0.15, 0.2) is 27.6 Å². The normalized spacial score (nSPS) is 15.1. The Morgan fingerprint density at radius 1 is 1.04 bits per heavy atom. The highest BCUT2D eigenvalue weighted by molar-refractivity contribution is 9.10. The number of furan rings is 1. The summed E-state index contributed by atoms with van der Waals surface area (Å²) in [7, 11) is 4.57. The number of hydrogen-bond acceptors (Lipinski definition) is 7. The van der Waals surface area contributed by atoms with E-state index < -0.39 is 5.97 Å². The van der Waals surface area contributed by atoms with Gasteiger partial charge in [-0.15, -0.1) is 0 Å². The van der Waals surface area contributed by atoms with Crippen molar-refractivity contribution in [1.29, 1.82) is 0 Å². The van der Waals surface area contributed by atoms with Gasteiger partial charge in [0.05, 0.1) is 21.3 Å². The second-order valence-electron chi connectivity index (χ2n) is 4.89. The van der Waals surface area contributed by atoms with Gasteiger partial charge in [-0.25, -0.2) is 9.79 Å². The Morgan fingerprint density at radius 3 is 2.32 bits per heavy atom. The number of nitrogens with zero attached hydrogens (tertiary/aromatic N) is 1. The van der Waals surface area contributed by atoms with Crippen LogP contribution in [0, 0.1) is 0 Å². The molecular weight excluding hydrogens is 394 g/mol. The van der Waals surface area contributed by atoms with Crippen molar-refractivity contribution in [3.8, 4) is 17.2 Å². The SMILES string of the molecule is COc1cc(OC)c(OC)cc1C=C1N=C(c2ccc(Br)o2)OC1=O. The van der Waals surface area contributed by atoms with Crippen LogP contribution in [0.4, 0.5) is 0 Å². The molecule has 0 spiro atoms. The van der Waals surface area contributed by atoms with Gasteiger partial charge in [0.25, 0.3) is 5.90 Å². The third-order valence-corrected chi connectivity index (χ3v) is 3.86. The fourth-order valence-corrected chi connectivity index (χ4v) is 2.56. The molecule has 2 aromatic rings. The number of hydrogen-bond donors (Lipinski definition) is 0. The quantitative estimate of drug-likeness (QED) is 0.557. The minimum atomic E-state index is -0.584. The van der Waals surface area contributed by atoms with Gasteiger partial charge in [0.1, 0.15) is 5.75 Å². The minimum Gasteiger partial charge on any atom is -0.496 e. The van der Waals surface area contributed by atoms with E-state index in [1.54, 1.807) is 30.3 Å². The number of aliphatic imine (C=N–C) groups is 1. The van der Waals surface area contributed by atoms with Crippen LogP contribution in [0.25, 0.3) is 6.08 Å². The van der Waals surface area contributed by atoms with Crippen molar-refractivity contribution < 1.29 is 28.2 Å². The van der Waals surface area contributed by atoms with Crippen molar-refractivity contribution in [1.82, 2.24) is 0 Å². The molecule has 0 N–H and O–H groups in total. The van der Waals surface area contributed by atoms with E-state index in [0.717, 1.165) is 0 Å². The van der Waals surface area contributed by atoms with Gasteiger partial charge in [-0.1, -0.05) is 0 Å². The zero-order chi connectivity index (χ0) is 18.0. The van der Waals surface area contributed by atoms with Crippen LogP contribution < -0.4 is 14.2 Å². The predicted octanol–water partition coefficient (Wildman–Crippen LogP) is 3.41. The topological polar surface area (TPSA) is 79.5 Å². The Kier molecular flexibility index (Phi) is 4.80. The number of methoxy groups -OCH3 is 3. The first-order chi connectivity index (χ1) is 12.0. The van der Waals surface area contributed by atoms with Crippen LogP contribution in [0.15, 0.2) is 44.0 Å². The van der Waals surface area contributed by atoms with Crippen LogP contribution in [0.1, 0.15) is 11.3 Å². The molecule has 1 aliphatic heterocycles. The molecule has 8 heteroatoms. The smallest absolute Gasteiger partial charge is 0.363 e. The van der Waals surface area contributed by atoms with E-state index in [1.807, 2.05) is 0 Å². The Balaban J connectivity index is 2.02. The Labute approximate surface area is 152 Å². The molecule has 0 bridgehead atoms. The van der Waals surface area contributed by atoms with Gasteiger partial charge in [0.2, 0.25) is 0 Å². The summed E-state index contributed by atoms with van der Waals surface area (Å²) in [4.78, 5) is 16.3. The van der Waals surface area contributed by atoms with Gasteiger partial charge < -0.3 is 23.4 Å². The molecule has 0 saturated heterocycles. The van der Waals surface area contributed by atoms with Gasteiger partial charge >= 0.3 is 5.97 Å². The third-order valence-electron chi connectivity index (χ3n) is 3.43. The first-order valence-corrected chi connectivity index (χ1v) is 7.93. The van der Waals surface area contributed by atoms with E-state index in [9.17, 15) is 4.79 Å². The van der Waals surface area contributed by atoms with E-state index in [1.165, 1.54) is 21.3 Å². The number of benzene rings is 1. The Bertz CT molecular complexity index is 883. The lowest BCUT2D eigenvalue weighted by molar-refractivity contribution is -0.130. The summed E-state index contributed by atoms with van der Waals surface area (Å²) >= 11 is 3.19. The molecule has 2 heterocycles. The summed E-state index contributed by atoms with van der Waals surface area (Å²) in [5.41, 5.74) is 0.714. The molecule has 0 atom stereocenters. The number of cyclic esters (lactones) is 1. The van der Waals surface area contributed by atoms with E-state index in [-0.39, 0.29) is 11.6 Å². The maximum atomic E-state index is 12.1. The van der Waals surface area contributed by atoms with E-state index in [4.69, 9.17) is 23.4 Å². The van der Waals surface area contributed by atoms with Crippen LogP contribution >= 0.6 is 15.9 Å². The molecule has 0 amide bonds. The highest BCUT2D eigenvalue weighted by atomic mass is 79.9. The van der Waals surface area contributed by atoms with Crippen LogP contribution in [0.5, 0.6) is 17.2 Å². The molecule has 0 unspecified atom stereocenters. The number of rotatable bonds is 5. The number of carbonyl (C=O) groups excluding carboxylic acids is 1. The standard InChI is InChI=1S/C17H14BrNO6/c1-21-12-8-14(23-3)13(22-2)7-9(12)6-10-17(20)25-16(19-10)11-4-5-15(18)24-11/h4-8H,1-3H3. The fourth-order valence-electron chi connectivity index (χ4n) is 2.26. The molecule has 0 saturated carbocycles. The molecular formula is C17H14BrNO6. The molecule has 25 heavy (non-hydrogen) atoms. The molecule has 1 aliphatic rings. The van der Waals surface area contributed by atoms with Crippen molar-refractivity contribution in [2.45, 2.75) is 0 Å². The number of halogens is 1. The second-order valence-corrected chi connectivity index (χ2v) is 5.67. The molecule has 130 valence electrons. The molecule has 3 rings (SSSR count). The van der Waals surface area contributed by atoms with Crippen LogP contribution in [0.3, 0.4) is 0 Å². The predicted molar refractivity (Wildman–Crippen MR) is 93.1 cm³/mol. The highest BCUT2D eigenvalue weighted by Gasteiger charge is 2.27. The summed E-state index contributed by atoms with van der Waals surface area (Å²) < 4.78 is 26.9. The monoisotopic (exact) mass is 407 g/mol. The molecule has 1 aromatic carbocycles. The summed E-state index contributed by atoms with van der Waals surface area (Å²) in [5.74, 6) is 1.38. The zero-order valence-corrected chi connectivity index (χ0v) is 15.2. The van der Waals surface area contributed by atoms with E-state index >= 15 is 0 Å².